The lowest BCUT2D eigenvalue weighted by Crippen LogP contribution is -2.54. The summed E-state index contributed by atoms with van der Waals surface area (Å²) >= 11 is 0. The lowest BCUT2D eigenvalue weighted by molar-refractivity contribution is -0.155. The largest absolute Gasteiger partial charge is 0.468 e. The molecule has 0 spiro atoms. The first-order valence-corrected chi connectivity index (χ1v) is 5.93. The minimum absolute atomic E-state index is 0.142. The summed E-state index contributed by atoms with van der Waals surface area (Å²) in [5, 5.41) is 0. The number of hydrogen-bond donors (Lipinski definition) is 0. The molecule has 94 valence electrons. The molecule has 1 aliphatic heterocycles. The standard InChI is InChI=1S/C12H23NO3/c1-8(2)11(12(14)15-5)13-6-9(3)16-10(4)7-13/h8-11H,6-7H2,1-5H3. The molecule has 0 aromatic heterocycles. The van der Waals surface area contributed by atoms with Crippen LogP contribution < -0.4 is 0 Å². The number of ether oxygens (including phenoxy) is 2. The van der Waals surface area contributed by atoms with E-state index in [-0.39, 0.29) is 30.1 Å². The first-order valence-electron chi connectivity index (χ1n) is 5.93. The van der Waals surface area contributed by atoms with Gasteiger partial charge in [0.2, 0.25) is 0 Å². The molecule has 4 heteroatoms. The average Bonchev–Trinajstić information content (AvgIpc) is 2.15. The van der Waals surface area contributed by atoms with Crippen molar-refractivity contribution < 1.29 is 14.3 Å². The first-order chi connectivity index (χ1) is 7.45. The Morgan fingerprint density at radius 1 is 1.31 bits per heavy atom. The van der Waals surface area contributed by atoms with Crippen molar-refractivity contribution in [2.45, 2.75) is 45.9 Å². The van der Waals surface area contributed by atoms with Crippen molar-refractivity contribution >= 4 is 5.97 Å². The fraction of sp³-hybridized carbons (Fsp3) is 0.917. The van der Waals surface area contributed by atoms with Crippen molar-refractivity contribution in [1.82, 2.24) is 4.90 Å². The van der Waals surface area contributed by atoms with Crippen LogP contribution in [0.1, 0.15) is 27.7 Å². The van der Waals surface area contributed by atoms with Crippen LogP contribution in [-0.4, -0.2) is 49.3 Å². The van der Waals surface area contributed by atoms with E-state index in [1.807, 2.05) is 27.7 Å². The summed E-state index contributed by atoms with van der Waals surface area (Å²) in [6.45, 7) is 9.76. The van der Waals surface area contributed by atoms with Gasteiger partial charge in [-0.05, 0) is 19.8 Å². The Kier molecular flexibility index (Phi) is 4.74. The summed E-state index contributed by atoms with van der Waals surface area (Å²) in [4.78, 5) is 13.9. The summed E-state index contributed by atoms with van der Waals surface area (Å²) in [7, 11) is 1.45. The van der Waals surface area contributed by atoms with Crippen LogP contribution in [0.3, 0.4) is 0 Å². The molecule has 1 heterocycles. The fourth-order valence-corrected chi connectivity index (χ4v) is 2.41. The SMILES string of the molecule is COC(=O)C(C(C)C)N1CC(C)OC(C)C1. The highest BCUT2D eigenvalue weighted by Gasteiger charge is 2.34. The van der Waals surface area contributed by atoms with E-state index in [9.17, 15) is 4.79 Å². The summed E-state index contributed by atoms with van der Waals surface area (Å²) < 4.78 is 10.5. The Morgan fingerprint density at radius 3 is 2.19 bits per heavy atom. The number of rotatable bonds is 3. The van der Waals surface area contributed by atoms with E-state index in [1.54, 1.807) is 0 Å². The van der Waals surface area contributed by atoms with Gasteiger partial charge in [-0.3, -0.25) is 9.69 Å². The lowest BCUT2D eigenvalue weighted by Gasteiger charge is -2.40. The zero-order chi connectivity index (χ0) is 12.3. The molecule has 1 saturated heterocycles. The third-order valence-corrected chi connectivity index (χ3v) is 2.92. The molecule has 0 aliphatic carbocycles. The highest BCUT2D eigenvalue weighted by Crippen LogP contribution is 2.19. The molecule has 0 amide bonds. The van der Waals surface area contributed by atoms with E-state index in [1.165, 1.54) is 7.11 Å². The van der Waals surface area contributed by atoms with Gasteiger partial charge in [-0.25, -0.2) is 0 Å². The molecular formula is C12H23NO3. The van der Waals surface area contributed by atoms with Gasteiger partial charge in [0.25, 0.3) is 0 Å². The van der Waals surface area contributed by atoms with Crippen LogP contribution in [0.2, 0.25) is 0 Å². The summed E-state index contributed by atoms with van der Waals surface area (Å²) in [6.07, 6.45) is 0.351. The Bertz CT molecular complexity index is 232. The van der Waals surface area contributed by atoms with Gasteiger partial charge in [-0.2, -0.15) is 0 Å². The second-order valence-corrected chi connectivity index (χ2v) is 4.92. The minimum atomic E-state index is -0.154. The maximum atomic E-state index is 11.8. The Hall–Kier alpha value is -0.610. The molecule has 1 fully saturated rings. The third kappa shape index (κ3) is 3.19. The van der Waals surface area contributed by atoms with Gasteiger partial charge < -0.3 is 9.47 Å². The molecule has 3 atom stereocenters. The molecule has 0 aromatic carbocycles. The quantitative estimate of drug-likeness (QED) is 0.684. The molecule has 3 unspecified atom stereocenters. The van der Waals surface area contributed by atoms with Gasteiger partial charge in [0.05, 0.1) is 19.3 Å². The van der Waals surface area contributed by atoms with Gasteiger partial charge in [0, 0.05) is 13.1 Å². The van der Waals surface area contributed by atoms with Crippen molar-refractivity contribution in [3.8, 4) is 0 Å². The van der Waals surface area contributed by atoms with Gasteiger partial charge in [0.15, 0.2) is 0 Å². The molecule has 1 rings (SSSR count). The minimum Gasteiger partial charge on any atom is -0.468 e. The van der Waals surface area contributed by atoms with Crippen LogP contribution in [-0.2, 0) is 14.3 Å². The van der Waals surface area contributed by atoms with E-state index in [0.29, 0.717) is 0 Å². The first kappa shape index (κ1) is 13.5. The van der Waals surface area contributed by atoms with E-state index in [0.717, 1.165) is 13.1 Å². The number of morpholine rings is 1. The molecule has 0 radical (unpaired) electrons. The molecule has 0 saturated carbocycles. The number of hydrogen-bond acceptors (Lipinski definition) is 4. The summed E-state index contributed by atoms with van der Waals surface area (Å²) in [6, 6.07) is -0.154. The average molecular weight is 229 g/mol. The Labute approximate surface area is 97.9 Å². The van der Waals surface area contributed by atoms with Crippen LogP contribution in [0, 0.1) is 5.92 Å². The predicted molar refractivity (Wildman–Crippen MR) is 62.2 cm³/mol. The van der Waals surface area contributed by atoms with Crippen LogP contribution in [0.5, 0.6) is 0 Å². The fourth-order valence-electron chi connectivity index (χ4n) is 2.41. The molecule has 0 N–H and O–H groups in total. The normalized spacial score (nSPS) is 29.1. The zero-order valence-electron chi connectivity index (χ0n) is 10.9. The second-order valence-electron chi connectivity index (χ2n) is 4.92. The summed E-state index contributed by atoms with van der Waals surface area (Å²) in [5.41, 5.74) is 0. The number of carbonyl (C=O) groups excluding carboxylic acids is 1. The van der Waals surface area contributed by atoms with Crippen LogP contribution in [0.4, 0.5) is 0 Å². The molecule has 16 heavy (non-hydrogen) atoms. The van der Waals surface area contributed by atoms with E-state index < -0.39 is 0 Å². The van der Waals surface area contributed by atoms with Crippen molar-refractivity contribution in [1.29, 1.82) is 0 Å². The van der Waals surface area contributed by atoms with E-state index in [4.69, 9.17) is 9.47 Å². The molecular weight excluding hydrogens is 206 g/mol. The van der Waals surface area contributed by atoms with Gasteiger partial charge in [0.1, 0.15) is 6.04 Å². The van der Waals surface area contributed by atoms with Crippen molar-refractivity contribution in [2.75, 3.05) is 20.2 Å². The second kappa shape index (κ2) is 5.64. The Balaban J connectivity index is 2.74. The maximum absolute atomic E-state index is 11.8. The number of methoxy groups -OCH3 is 1. The van der Waals surface area contributed by atoms with Crippen molar-refractivity contribution in [3.05, 3.63) is 0 Å². The number of esters is 1. The van der Waals surface area contributed by atoms with Gasteiger partial charge >= 0.3 is 5.97 Å². The van der Waals surface area contributed by atoms with Crippen LogP contribution in [0.15, 0.2) is 0 Å². The predicted octanol–water partition coefficient (Wildman–Crippen LogP) is 1.29. The molecule has 0 bridgehead atoms. The van der Waals surface area contributed by atoms with Crippen molar-refractivity contribution in [2.24, 2.45) is 5.92 Å². The van der Waals surface area contributed by atoms with Crippen LogP contribution >= 0.6 is 0 Å². The Morgan fingerprint density at radius 2 is 1.81 bits per heavy atom. The van der Waals surface area contributed by atoms with E-state index >= 15 is 0 Å². The third-order valence-electron chi connectivity index (χ3n) is 2.92. The van der Waals surface area contributed by atoms with E-state index in [2.05, 4.69) is 4.90 Å². The molecule has 0 aromatic rings. The topological polar surface area (TPSA) is 38.8 Å². The lowest BCUT2D eigenvalue weighted by atomic mass is 10.0. The monoisotopic (exact) mass is 229 g/mol. The number of carbonyl (C=O) groups is 1. The molecule has 4 nitrogen and oxygen atoms in total. The van der Waals surface area contributed by atoms with Gasteiger partial charge in [-0.1, -0.05) is 13.8 Å². The summed E-state index contributed by atoms with van der Waals surface area (Å²) in [5.74, 6) is 0.112. The van der Waals surface area contributed by atoms with Gasteiger partial charge in [-0.15, -0.1) is 0 Å². The highest BCUT2D eigenvalue weighted by molar-refractivity contribution is 5.76. The molecule has 1 aliphatic rings. The van der Waals surface area contributed by atoms with Crippen molar-refractivity contribution in [3.63, 3.8) is 0 Å². The smallest absolute Gasteiger partial charge is 0.323 e. The maximum Gasteiger partial charge on any atom is 0.323 e. The number of nitrogens with zero attached hydrogens (tertiary/aromatic N) is 1. The van der Waals surface area contributed by atoms with Crippen LogP contribution in [0.25, 0.3) is 0 Å². The zero-order valence-corrected chi connectivity index (χ0v) is 10.9. The highest BCUT2D eigenvalue weighted by atomic mass is 16.5.